The van der Waals surface area contributed by atoms with Crippen LogP contribution in [0.5, 0.6) is 17.2 Å². The number of hydrogen-bond acceptors (Lipinski definition) is 7. The maximum absolute atomic E-state index is 13.7. The second kappa shape index (κ2) is 12.9. The van der Waals surface area contributed by atoms with Crippen molar-refractivity contribution >= 4 is 29.2 Å². The molecular formula is C31H40N4O7. The monoisotopic (exact) mass is 580 g/mol. The van der Waals surface area contributed by atoms with Crippen LogP contribution in [-0.4, -0.2) is 78.4 Å². The van der Waals surface area contributed by atoms with E-state index in [1.807, 2.05) is 6.92 Å². The summed E-state index contributed by atoms with van der Waals surface area (Å²) in [5, 5.41) is 15.8. The van der Waals surface area contributed by atoms with Crippen molar-refractivity contribution < 1.29 is 33.7 Å². The Labute approximate surface area is 246 Å². The molecule has 11 heteroatoms. The van der Waals surface area contributed by atoms with E-state index in [1.54, 1.807) is 55.3 Å². The lowest BCUT2D eigenvalue weighted by Gasteiger charge is -2.38. The van der Waals surface area contributed by atoms with E-state index in [0.717, 1.165) is 32.1 Å². The van der Waals surface area contributed by atoms with Crippen LogP contribution in [0, 0.1) is 11.8 Å². The molecule has 1 aliphatic carbocycles. The predicted molar refractivity (Wildman–Crippen MR) is 157 cm³/mol. The maximum atomic E-state index is 13.7. The summed E-state index contributed by atoms with van der Waals surface area (Å²) in [6, 6.07) is 9.53. The van der Waals surface area contributed by atoms with Gasteiger partial charge in [-0.15, -0.1) is 0 Å². The fourth-order valence-electron chi connectivity index (χ4n) is 5.67. The van der Waals surface area contributed by atoms with E-state index in [4.69, 9.17) is 14.2 Å². The molecule has 0 radical (unpaired) electrons. The molecule has 2 aromatic rings. The second-order valence-corrected chi connectivity index (χ2v) is 11.5. The van der Waals surface area contributed by atoms with Gasteiger partial charge in [-0.3, -0.25) is 9.59 Å². The fourth-order valence-corrected chi connectivity index (χ4v) is 5.67. The number of anilines is 2. The Balaban J connectivity index is 1.33. The summed E-state index contributed by atoms with van der Waals surface area (Å²) in [7, 11) is 1.68. The number of aliphatic hydroxyl groups excluding tert-OH is 1. The van der Waals surface area contributed by atoms with Gasteiger partial charge in [-0.25, -0.2) is 4.79 Å². The van der Waals surface area contributed by atoms with E-state index < -0.39 is 12.1 Å². The minimum atomic E-state index is -0.458. The van der Waals surface area contributed by atoms with Crippen LogP contribution in [-0.2, 0) is 4.79 Å². The molecule has 0 spiro atoms. The predicted octanol–water partition coefficient (Wildman–Crippen LogP) is 4.32. The molecular weight excluding hydrogens is 540 g/mol. The molecule has 5 rings (SSSR count). The van der Waals surface area contributed by atoms with E-state index in [1.165, 1.54) is 4.90 Å². The summed E-state index contributed by atoms with van der Waals surface area (Å²) < 4.78 is 17.1. The van der Waals surface area contributed by atoms with Gasteiger partial charge in [-0.05, 0) is 50.1 Å². The zero-order valence-electron chi connectivity index (χ0n) is 24.4. The van der Waals surface area contributed by atoms with E-state index in [0.29, 0.717) is 40.7 Å². The van der Waals surface area contributed by atoms with Crippen LogP contribution >= 0.6 is 0 Å². The molecule has 42 heavy (non-hydrogen) atoms. The standard InChI is InChI=1S/C31H40N4O7/c1-19-15-35(20(2)17-36)30(38)24-13-22(32-29(37)21-7-5-4-6-8-21)9-11-25(24)42-28(19)16-34(3)31(39)33-23-10-12-26-27(14-23)41-18-40-26/h9-14,19-21,28,36H,4-8,15-18H2,1-3H3,(H,32,37)(H,33,39)/t19-,20+,28-/m0/s1. The molecule has 0 bridgehead atoms. The average molecular weight is 581 g/mol. The highest BCUT2D eigenvalue weighted by Crippen LogP contribution is 2.35. The Kier molecular flexibility index (Phi) is 9.06. The summed E-state index contributed by atoms with van der Waals surface area (Å²) in [5.41, 5.74) is 1.41. The normalized spacial score (nSPS) is 21.0. The minimum Gasteiger partial charge on any atom is -0.487 e. The Bertz CT molecular complexity index is 1310. The fraction of sp³-hybridized carbons (Fsp3) is 0.516. The highest BCUT2D eigenvalue weighted by molar-refractivity contribution is 6.00. The number of likely N-dealkylation sites (N-methyl/N-ethyl adjacent to an activating group) is 1. The average Bonchev–Trinajstić information content (AvgIpc) is 3.47. The lowest BCUT2D eigenvalue weighted by molar-refractivity contribution is -0.120. The number of nitrogens with one attached hydrogen (secondary N) is 2. The van der Waals surface area contributed by atoms with Crippen LogP contribution < -0.4 is 24.8 Å². The van der Waals surface area contributed by atoms with Gasteiger partial charge >= 0.3 is 6.03 Å². The summed E-state index contributed by atoms with van der Waals surface area (Å²) >= 11 is 0. The number of fused-ring (bicyclic) bond motifs is 2. The first-order chi connectivity index (χ1) is 20.2. The Morgan fingerprint density at radius 3 is 2.45 bits per heavy atom. The number of urea groups is 1. The smallest absolute Gasteiger partial charge is 0.321 e. The number of amides is 4. The molecule has 0 unspecified atom stereocenters. The molecule has 11 nitrogen and oxygen atoms in total. The van der Waals surface area contributed by atoms with Crippen molar-refractivity contribution in [1.82, 2.24) is 9.80 Å². The third-order valence-electron chi connectivity index (χ3n) is 8.33. The van der Waals surface area contributed by atoms with Crippen LogP contribution in [0.1, 0.15) is 56.3 Å². The molecule has 0 aromatic heterocycles. The summed E-state index contributed by atoms with van der Waals surface area (Å²) in [5.74, 6) is 1.07. The van der Waals surface area contributed by atoms with E-state index in [2.05, 4.69) is 10.6 Å². The van der Waals surface area contributed by atoms with E-state index >= 15 is 0 Å². The van der Waals surface area contributed by atoms with Crippen molar-refractivity contribution in [3.05, 3.63) is 42.0 Å². The van der Waals surface area contributed by atoms with Crippen LogP contribution in [0.25, 0.3) is 0 Å². The number of hydrogen-bond donors (Lipinski definition) is 3. The van der Waals surface area contributed by atoms with Gasteiger partial charge in [0, 0.05) is 42.9 Å². The zero-order chi connectivity index (χ0) is 29.8. The van der Waals surface area contributed by atoms with Crippen LogP contribution in [0.3, 0.4) is 0 Å². The first kappa shape index (κ1) is 29.5. The molecule has 4 amide bonds. The largest absolute Gasteiger partial charge is 0.487 e. The highest BCUT2D eigenvalue weighted by atomic mass is 16.7. The Morgan fingerprint density at radius 1 is 1.02 bits per heavy atom. The van der Waals surface area contributed by atoms with Crippen molar-refractivity contribution in [2.24, 2.45) is 11.8 Å². The molecule has 1 fully saturated rings. The number of ether oxygens (including phenoxy) is 3. The topological polar surface area (TPSA) is 130 Å². The second-order valence-electron chi connectivity index (χ2n) is 11.5. The summed E-state index contributed by atoms with van der Waals surface area (Å²) in [4.78, 5) is 42.9. The van der Waals surface area contributed by atoms with Crippen molar-refractivity contribution in [2.45, 2.75) is 58.1 Å². The van der Waals surface area contributed by atoms with Crippen LogP contribution in [0.15, 0.2) is 36.4 Å². The molecule has 0 saturated heterocycles. The van der Waals surface area contributed by atoms with Crippen molar-refractivity contribution in [1.29, 1.82) is 0 Å². The lowest BCUT2D eigenvalue weighted by Crippen LogP contribution is -2.50. The van der Waals surface area contributed by atoms with Gasteiger partial charge in [0.25, 0.3) is 5.91 Å². The number of carbonyl (C=O) groups excluding carboxylic acids is 3. The third-order valence-corrected chi connectivity index (χ3v) is 8.33. The van der Waals surface area contributed by atoms with Crippen LogP contribution in [0.4, 0.5) is 16.2 Å². The zero-order valence-corrected chi connectivity index (χ0v) is 24.4. The number of aliphatic hydroxyl groups is 1. The quantitative estimate of drug-likeness (QED) is 0.445. The first-order valence-electron chi connectivity index (χ1n) is 14.7. The Morgan fingerprint density at radius 2 is 1.71 bits per heavy atom. The van der Waals surface area contributed by atoms with Gasteiger partial charge in [0.2, 0.25) is 12.7 Å². The van der Waals surface area contributed by atoms with Crippen molar-refractivity contribution in [3.8, 4) is 17.2 Å². The third kappa shape index (κ3) is 6.56. The van der Waals surface area contributed by atoms with E-state index in [9.17, 15) is 19.5 Å². The minimum absolute atomic E-state index is 0.0248. The van der Waals surface area contributed by atoms with Gasteiger partial charge in [-0.2, -0.15) is 0 Å². The van der Waals surface area contributed by atoms with Crippen LogP contribution in [0.2, 0.25) is 0 Å². The molecule has 2 aliphatic heterocycles. The van der Waals surface area contributed by atoms with Gasteiger partial charge in [0.15, 0.2) is 11.5 Å². The van der Waals surface area contributed by atoms with Gasteiger partial charge < -0.3 is 39.8 Å². The number of carbonyl (C=O) groups is 3. The van der Waals surface area contributed by atoms with Crippen molar-refractivity contribution in [3.63, 3.8) is 0 Å². The molecule has 2 heterocycles. The number of benzene rings is 2. The van der Waals surface area contributed by atoms with Gasteiger partial charge in [0.05, 0.1) is 24.8 Å². The summed E-state index contributed by atoms with van der Waals surface area (Å²) in [6.07, 6.45) is 4.53. The summed E-state index contributed by atoms with van der Waals surface area (Å²) in [6.45, 7) is 4.26. The van der Waals surface area contributed by atoms with Gasteiger partial charge in [-0.1, -0.05) is 26.2 Å². The lowest BCUT2D eigenvalue weighted by atomic mass is 9.88. The highest BCUT2D eigenvalue weighted by Gasteiger charge is 2.34. The molecule has 226 valence electrons. The van der Waals surface area contributed by atoms with Gasteiger partial charge in [0.1, 0.15) is 11.9 Å². The first-order valence-corrected chi connectivity index (χ1v) is 14.7. The molecule has 3 N–H and O–H groups in total. The maximum Gasteiger partial charge on any atom is 0.321 e. The SMILES string of the molecule is C[C@H](CO)N1C[C@H](C)[C@H](CN(C)C(=O)Nc2ccc3c(c2)OCO3)Oc2ccc(NC(=O)C3CCCCC3)cc2C1=O. The van der Waals surface area contributed by atoms with Crippen molar-refractivity contribution in [2.75, 3.05) is 44.2 Å². The number of rotatable bonds is 7. The molecule has 2 aromatic carbocycles. The Hall–Kier alpha value is -3.99. The molecule has 3 atom stereocenters. The number of nitrogens with zero attached hydrogens (tertiary/aromatic N) is 2. The van der Waals surface area contributed by atoms with E-state index in [-0.39, 0.29) is 49.6 Å². The molecule has 1 saturated carbocycles. The molecule has 3 aliphatic rings.